The second kappa shape index (κ2) is 10.4. The second-order valence-electron chi connectivity index (χ2n) is 7.72. The minimum atomic E-state index is -0.534. The van der Waals surface area contributed by atoms with Crippen molar-refractivity contribution in [1.29, 1.82) is 0 Å². The number of hydrogen-bond acceptors (Lipinski definition) is 4. The van der Waals surface area contributed by atoms with Crippen molar-refractivity contribution in [2.24, 2.45) is 5.92 Å². The van der Waals surface area contributed by atoms with Crippen LogP contribution in [0.1, 0.15) is 37.7 Å². The number of carbonyl (C=O) groups excluding carboxylic acids is 1. The van der Waals surface area contributed by atoms with Crippen LogP contribution in [0, 0.1) is 5.92 Å². The maximum absolute atomic E-state index is 12.6. The first kappa shape index (κ1) is 20.6. The third kappa shape index (κ3) is 6.18. The molecule has 1 aromatic carbocycles. The summed E-state index contributed by atoms with van der Waals surface area (Å²) < 4.78 is 5.62. The first-order valence-electron chi connectivity index (χ1n) is 10.1. The van der Waals surface area contributed by atoms with E-state index in [0.717, 1.165) is 44.6 Å². The third-order valence-electron chi connectivity index (χ3n) is 5.63. The summed E-state index contributed by atoms with van der Waals surface area (Å²) in [4.78, 5) is 16.8. The zero-order chi connectivity index (χ0) is 19.1. The van der Waals surface area contributed by atoms with Crippen LogP contribution in [-0.2, 0) is 16.1 Å². The Morgan fingerprint density at radius 1 is 1.15 bits per heavy atom. The molecule has 1 heterocycles. The van der Waals surface area contributed by atoms with E-state index < -0.39 is 6.10 Å². The number of β-amino-alcohol motifs (C(OH)–C–C–N with tert-alkyl or cyclic N) is 1. The van der Waals surface area contributed by atoms with Crippen LogP contribution >= 0.6 is 11.6 Å². The van der Waals surface area contributed by atoms with Gasteiger partial charge >= 0.3 is 0 Å². The van der Waals surface area contributed by atoms with E-state index in [-0.39, 0.29) is 12.5 Å². The minimum absolute atomic E-state index is 0.245. The maximum atomic E-state index is 12.6. The van der Waals surface area contributed by atoms with E-state index in [2.05, 4.69) is 4.90 Å². The number of rotatable bonds is 7. The molecule has 3 rings (SSSR count). The molecule has 1 amide bonds. The van der Waals surface area contributed by atoms with E-state index in [1.165, 1.54) is 19.3 Å². The Kier molecular flexibility index (Phi) is 7.94. The van der Waals surface area contributed by atoms with Crippen molar-refractivity contribution in [1.82, 2.24) is 9.80 Å². The first-order chi connectivity index (χ1) is 13.1. The van der Waals surface area contributed by atoms with Crippen LogP contribution in [-0.4, -0.2) is 66.2 Å². The number of carbonyl (C=O) groups is 1. The molecular weight excluding hydrogens is 364 g/mol. The molecule has 1 saturated carbocycles. The SMILES string of the molecule is O=C(C1CCCCC1)N1CCN(CC(O)COCc2ccccc2Cl)CC1. The van der Waals surface area contributed by atoms with Crippen molar-refractivity contribution in [3.05, 3.63) is 34.9 Å². The van der Waals surface area contributed by atoms with Gasteiger partial charge in [0.15, 0.2) is 0 Å². The number of hydrogen-bond donors (Lipinski definition) is 1. The van der Waals surface area contributed by atoms with Crippen LogP contribution in [0.15, 0.2) is 24.3 Å². The van der Waals surface area contributed by atoms with Gasteiger partial charge in [-0.1, -0.05) is 49.1 Å². The fourth-order valence-electron chi connectivity index (χ4n) is 4.03. The number of nitrogens with zero attached hydrogens (tertiary/aromatic N) is 2. The van der Waals surface area contributed by atoms with Gasteiger partial charge < -0.3 is 14.7 Å². The van der Waals surface area contributed by atoms with Crippen LogP contribution in [0.5, 0.6) is 0 Å². The predicted molar refractivity (Wildman–Crippen MR) is 107 cm³/mol. The van der Waals surface area contributed by atoms with Gasteiger partial charge in [0, 0.05) is 43.7 Å². The average molecular weight is 395 g/mol. The molecule has 0 radical (unpaired) electrons. The summed E-state index contributed by atoms with van der Waals surface area (Å²) in [6, 6.07) is 7.58. The summed E-state index contributed by atoms with van der Waals surface area (Å²) in [5, 5.41) is 10.9. The van der Waals surface area contributed by atoms with E-state index >= 15 is 0 Å². The number of benzene rings is 1. The highest BCUT2D eigenvalue weighted by Crippen LogP contribution is 2.25. The summed E-state index contributed by atoms with van der Waals surface area (Å²) in [6.45, 7) is 4.44. The third-order valence-corrected chi connectivity index (χ3v) is 6.00. The Balaban J connectivity index is 1.33. The van der Waals surface area contributed by atoms with Gasteiger partial charge in [-0.05, 0) is 24.5 Å². The van der Waals surface area contributed by atoms with E-state index in [0.29, 0.717) is 24.1 Å². The predicted octanol–water partition coefficient (Wildman–Crippen LogP) is 2.94. The largest absolute Gasteiger partial charge is 0.389 e. The Labute approximate surface area is 167 Å². The van der Waals surface area contributed by atoms with Gasteiger partial charge in [-0.15, -0.1) is 0 Å². The number of aliphatic hydroxyl groups is 1. The Hall–Kier alpha value is -1.14. The molecule has 27 heavy (non-hydrogen) atoms. The lowest BCUT2D eigenvalue weighted by atomic mass is 9.88. The highest BCUT2D eigenvalue weighted by Gasteiger charge is 2.28. The molecule has 6 heteroatoms. The number of aliphatic hydroxyl groups excluding tert-OH is 1. The molecule has 1 saturated heterocycles. The topological polar surface area (TPSA) is 53.0 Å². The Bertz CT molecular complexity index is 599. The van der Waals surface area contributed by atoms with Crippen molar-refractivity contribution in [2.75, 3.05) is 39.3 Å². The zero-order valence-electron chi connectivity index (χ0n) is 16.0. The zero-order valence-corrected chi connectivity index (χ0v) is 16.7. The molecular formula is C21H31ClN2O3. The summed E-state index contributed by atoms with van der Waals surface area (Å²) in [5.74, 6) is 0.590. The molecule has 2 fully saturated rings. The van der Waals surface area contributed by atoms with Crippen molar-refractivity contribution in [3.63, 3.8) is 0 Å². The lowest BCUT2D eigenvalue weighted by Crippen LogP contribution is -2.52. The summed E-state index contributed by atoms with van der Waals surface area (Å²) in [6.07, 6.45) is 5.23. The standard InChI is InChI=1S/C21H31ClN2O3/c22-20-9-5-4-8-18(20)15-27-16-19(25)14-23-10-12-24(13-11-23)21(26)17-6-2-1-3-7-17/h4-5,8-9,17,19,25H,1-3,6-7,10-16H2. The number of halogens is 1. The highest BCUT2D eigenvalue weighted by molar-refractivity contribution is 6.31. The lowest BCUT2D eigenvalue weighted by molar-refractivity contribution is -0.138. The van der Waals surface area contributed by atoms with E-state index in [4.69, 9.17) is 16.3 Å². The van der Waals surface area contributed by atoms with Gasteiger partial charge in [0.2, 0.25) is 5.91 Å². The van der Waals surface area contributed by atoms with E-state index in [9.17, 15) is 9.90 Å². The van der Waals surface area contributed by atoms with Gasteiger partial charge in [0.05, 0.1) is 19.3 Å². The molecule has 1 aliphatic carbocycles. The van der Waals surface area contributed by atoms with Gasteiger partial charge in [-0.25, -0.2) is 0 Å². The maximum Gasteiger partial charge on any atom is 0.225 e. The van der Waals surface area contributed by atoms with Gasteiger partial charge in [0.1, 0.15) is 0 Å². The van der Waals surface area contributed by atoms with Crippen molar-refractivity contribution in [3.8, 4) is 0 Å². The highest BCUT2D eigenvalue weighted by atomic mass is 35.5. The molecule has 150 valence electrons. The Morgan fingerprint density at radius 3 is 2.56 bits per heavy atom. The van der Waals surface area contributed by atoms with Crippen molar-refractivity contribution >= 4 is 17.5 Å². The molecule has 0 aromatic heterocycles. The van der Waals surface area contributed by atoms with Gasteiger partial charge in [-0.3, -0.25) is 9.69 Å². The summed E-state index contributed by atoms with van der Waals surface area (Å²) in [7, 11) is 0. The quantitative estimate of drug-likeness (QED) is 0.772. The molecule has 0 spiro atoms. The van der Waals surface area contributed by atoms with Crippen LogP contribution in [0.25, 0.3) is 0 Å². The van der Waals surface area contributed by atoms with Crippen LogP contribution in [0.3, 0.4) is 0 Å². The summed E-state index contributed by atoms with van der Waals surface area (Å²) >= 11 is 6.11. The summed E-state index contributed by atoms with van der Waals surface area (Å²) in [5.41, 5.74) is 0.932. The van der Waals surface area contributed by atoms with Gasteiger partial charge in [0.25, 0.3) is 0 Å². The fourth-order valence-corrected chi connectivity index (χ4v) is 4.22. The van der Waals surface area contributed by atoms with E-state index in [1.807, 2.05) is 29.2 Å². The number of piperazine rings is 1. The Morgan fingerprint density at radius 2 is 1.85 bits per heavy atom. The van der Waals surface area contributed by atoms with Crippen molar-refractivity contribution in [2.45, 2.75) is 44.8 Å². The molecule has 1 aromatic rings. The molecule has 1 aliphatic heterocycles. The van der Waals surface area contributed by atoms with Crippen LogP contribution in [0.4, 0.5) is 0 Å². The minimum Gasteiger partial charge on any atom is -0.389 e. The normalized spacial score (nSPS) is 20.6. The molecule has 2 aliphatic rings. The average Bonchev–Trinajstić information content (AvgIpc) is 2.70. The van der Waals surface area contributed by atoms with Crippen molar-refractivity contribution < 1.29 is 14.6 Å². The molecule has 1 unspecified atom stereocenters. The molecule has 0 bridgehead atoms. The second-order valence-corrected chi connectivity index (χ2v) is 8.13. The monoisotopic (exact) mass is 394 g/mol. The van der Waals surface area contributed by atoms with E-state index in [1.54, 1.807) is 0 Å². The van der Waals surface area contributed by atoms with Gasteiger partial charge in [-0.2, -0.15) is 0 Å². The fraction of sp³-hybridized carbons (Fsp3) is 0.667. The number of ether oxygens (including phenoxy) is 1. The first-order valence-corrected chi connectivity index (χ1v) is 10.5. The van der Waals surface area contributed by atoms with Crippen LogP contribution < -0.4 is 0 Å². The lowest BCUT2D eigenvalue weighted by Gasteiger charge is -2.37. The number of amides is 1. The molecule has 1 atom stereocenters. The molecule has 1 N–H and O–H groups in total. The smallest absolute Gasteiger partial charge is 0.225 e. The van der Waals surface area contributed by atoms with Crippen LogP contribution in [0.2, 0.25) is 5.02 Å². The molecule has 5 nitrogen and oxygen atoms in total.